The molecular formula is C24H30F3N3O4S2. The van der Waals surface area contributed by atoms with Gasteiger partial charge >= 0.3 is 6.18 Å². The molecule has 3 aliphatic rings. The molecule has 1 N–H and O–H groups in total. The molecule has 3 fully saturated rings. The fourth-order valence-corrected chi connectivity index (χ4v) is 7.98. The van der Waals surface area contributed by atoms with Crippen molar-refractivity contribution < 1.29 is 31.4 Å². The number of anilines is 1. The predicted molar refractivity (Wildman–Crippen MR) is 131 cm³/mol. The van der Waals surface area contributed by atoms with Gasteiger partial charge in [-0.3, -0.25) is 4.90 Å². The molecule has 198 valence electrons. The normalized spacial score (nSPS) is 27.8. The van der Waals surface area contributed by atoms with E-state index in [-0.39, 0.29) is 36.9 Å². The van der Waals surface area contributed by atoms with Gasteiger partial charge in [-0.1, -0.05) is 18.2 Å². The minimum atomic E-state index is -4.80. The van der Waals surface area contributed by atoms with Crippen molar-refractivity contribution in [3.8, 4) is 0 Å². The van der Waals surface area contributed by atoms with Gasteiger partial charge < -0.3 is 14.7 Å². The highest BCUT2D eigenvalue weighted by Gasteiger charge is 2.51. The summed E-state index contributed by atoms with van der Waals surface area (Å²) in [5.74, 6) is 0. The van der Waals surface area contributed by atoms with Crippen LogP contribution in [0, 0.1) is 0 Å². The number of rotatable bonds is 6. The number of hydrogen-bond donors (Lipinski definition) is 1. The molecule has 3 unspecified atom stereocenters. The van der Waals surface area contributed by atoms with E-state index in [0.29, 0.717) is 23.0 Å². The summed E-state index contributed by atoms with van der Waals surface area (Å²) in [6.45, 7) is 3.88. The first-order valence-electron chi connectivity index (χ1n) is 12.0. The second-order valence-electron chi connectivity index (χ2n) is 9.94. The van der Waals surface area contributed by atoms with Crippen LogP contribution in [0.5, 0.6) is 0 Å². The van der Waals surface area contributed by atoms with Crippen molar-refractivity contribution in [2.24, 2.45) is 0 Å². The molecule has 3 aliphatic heterocycles. The maximum Gasteiger partial charge on any atom is 0.421 e. The molecule has 4 heterocycles. The number of hydrogen-bond acceptors (Lipinski definition) is 7. The van der Waals surface area contributed by atoms with E-state index in [1.807, 2.05) is 0 Å². The van der Waals surface area contributed by atoms with Crippen LogP contribution in [0.3, 0.4) is 0 Å². The van der Waals surface area contributed by atoms with Crippen LogP contribution >= 0.6 is 11.3 Å². The minimum absolute atomic E-state index is 0.190. The second-order valence-corrected chi connectivity index (χ2v) is 13.0. The van der Waals surface area contributed by atoms with Gasteiger partial charge in [0, 0.05) is 45.0 Å². The second kappa shape index (κ2) is 9.55. The number of piperazine rings is 1. The molecule has 1 aromatic heterocycles. The first-order valence-corrected chi connectivity index (χ1v) is 14.3. The van der Waals surface area contributed by atoms with Crippen molar-refractivity contribution in [1.82, 2.24) is 9.21 Å². The summed E-state index contributed by atoms with van der Waals surface area (Å²) >= 11 is 1.19. The van der Waals surface area contributed by atoms with Crippen LogP contribution in [0.2, 0.25) is 0 Å². The van der Waals surface area contributed by atoms with E-state index in [9.17, 15) is 26.7 Å². The van der Waals surface area contributed by atoms with Crippen molar-refractivity contribution in [2.45, 2.75) is 54.0 Å². The van der Waals surface area contributed by atoms with E-state index in [0.717, 1.165) is 32.9 Å². The molecule has 0 spiro atoms. The number of aliphatic hydroxyl groups is 1. The maximum absolute atomic E-state index is 13.3. The van der Waals surface area contributed by atoms with Crippen LogP contribution in [0.15, 0.2) is 46.0 Å². The van der Waals surface area contributed by atoms with E-state index in [1.54, 1.807) is 29.6 Å². The van der Waals surface area contributed by atoms with Crippen LogP contribution < -0.4 is 4.90 Å². The summed E-state index contributed by atoms with van der Waals surface area (Å²) in [5, 5.41) is 11.8. The summed E-state index contributed by atoms with van der Waals surface area (Å²) < 4.78 is 74.1. The maximum atomic E-state index is 13.3. The summed E-state index contributed by atoms with van der Waals surface area (Å²) in [7, 11) is -3.63. The van der Waals surface area contributed by atoms with Gasteiger partial charge in [-0.2, -0.15) is 17.5 Å². The van der Waals surface area contributed by atoms with E-state index < -0.39 is 21.8 Å². The number of likely N-dealkylation sites (tertiary alicyclic amines) is 1. The Hall–Kier alpha value is -1.70. The van der Waals surface area contributed by atoms with Gasteiger partial charge in [0.15, 0.2) is 5.60 Å². The lowest BCUT2D eigenvalue weighted by Crippen LogP contribution is -2.59. The van der Waals surface area contributed by atoms with Crippen molar-refractivity contribution in [3.05, 3.63) is 47.3 Å². The number of alkyl halides is 3. The monoisotopic (exact) mass is 545 g/mol. The fraction of sp³-hybridized carbons (Fsp3) is 0.583. The van der Waals surface area contributed by atoms with Crippen molar-refractivity contribution in [1.29, 1.82) is 0 Å². The van der Waals surface area contributed by atoms with Gasteiger partial charge in [-0.05, 0) is 48.9 Å². The highest BCUT2D eigenvalue weighted by molar-refractivity contribution is 7.91. The van der Waals surface area contributed by atoms with Gasteiger partial charge in [-0.25, -0.2) is 8.42 Å². The molecule has 0 saturated carbocycles. The number of ether oxygens (including phenoxy) is 1. The molecule has 2 aromatic rings. The lowest BCUT2D eigenvalue weighted by Gasteiger charge is -2.45. The molecular weight excluding hydrogens is 515 g/mol. The number of thiophene rings is 1. The molecule has 0 amide bonds. The zero-order valence-corrected chi connectivity index (χ0v) is 21.5. The number of nitrogens with zero attached hydrogens (tertiary/aromatic N) is 3. The summed E-state index contributed by atoms with van der Waals surface area (Å²) in [6.07, 6.45) is -2.37. The Kier molecular flexibility index (Phi) is 6.88. The summed E-state index contributed by atoms with van der Waals surface area (Å²) in [4.78, 5) is 4.39. The van der Waals surface area contributed by atoms with E-state index in [2.05, 4.69) is 9.80 Å². The van der Waals surface area contributed by atoms with Crippen LogP contribution in [0.1, 0.15) is 25.3 Å². The Morgan fingerprint density at radius 1 is 1.06 bits per heavy atom. The Morgan fingerprint density at radius 3 is 2.31 bits per heavy atom. The zero-order valence-electron chi connectivity index (χ0n) is 19.9. The number of morpholine rings is 1. The number of fused-ring (bicyclic) bond motifs is 2. The standard InChI is InChI=1S/C24H30F3N3O4S2/c1-23(31,24(25,26)27)17-4-6-18(7-5-17)30-11-10-29(36(32,33)22-3-2-12-35-22)14-19(30)13-28-15-20-8-9-21(16-28)34-20/h2-7,12,19-21,31H,8-11,13-16H2,1H3/t19-,20?,21?,23?/m1/s1. The molecule has 7 nitrogen and oxygen atoms in total. The quantitative estimate of drug-likeness (QED) is 0.601. The average molecular weight is 546 g/mol. The number of benzene rings is 1. The lowest BCUT2D eigenvalue weighted by molar-refractivity contribution is -0.258. The average Bonchev–Trinajstić information content (AvgIpc) is 3.49. The highest BCUT2D eigenvalue weighted by atomic mass is 32.2. The Morgan fingerprint density at radius 2 is 1.72 bits per heavy atom. The summed E-state index contributed by atoms with van der Waals surface area (Å²) in [5.41, 5.74) is -2.49. The molecule has 0 aliphatic carbocycles. The fourth-order valence-electron chi connectivity index (χ4n) is 5.37. The summed E-state index contributed by atoms with van der Waals surface area (Å²) in [6, 6.07) is 8.87. The molecule has 36 heavy (non-hydrogen) atoms. The van der Waals surface area contributed by atoms with Crippen molar-refractivity contribution in [3.63, 3.8) is 0 Å². The Balaban J connectivity index is 1.39. The largest absolute Gasteiger partial charge is 0.421 e. The first kappa shape index (κ1) is 25.9. The van der Waals surface area contributed by atoms with Gasteiger partial charge in [0.25, 0.3) is 10.0 Å². The third-order valence-electron chi connectivity index (χ3n) is 7.44. The molecule has 5 rings (SSSR count). The lowest BCUT2D eigenvalue weighted by atomic mass is 9.95. The van der Waals surface area contributed by atoms with Crippen LogP contribution in [0.4, 0.5) is 18.9 Å². The number of halogens is 3. The van der Waals surface area contributed by atoms with Gasteiger partial charge in [0.05, 0.1) is 18.2 Å². The molecule has 12 heteroatoms. The minimum Gasteiger partial charge on any atom is -0.376 e. The third-order valence-corrected chi connectivity index (χ3v) is 10.7. The predicted octanol–water partition coefficient (Wildman–Crippen LogP) is 3.26. The SMILES string of the molecule is CC(O)(c1ccc(N2CCN(S(=O)(=O)c3cccs3)C[C@H]2CN2CC3CCC(C2)O3)cc1)C(F)(F)F. The molecule has 3 saturated heterocycles. The molecule has 2 bridgehead atoms. The van der Waals surface area contributed by atoms with Gasteiger partial charge in [-0.15, -0.1) is 11.3 Å². The third kappa shape index (κ3) is 4.91. The molecule has 4 atom stereocenters. The van der Waals surface area contributed by atoms with Gasteiger partial charge in [0.2, 0.25) is 0 Å². The van der Waals surface area contributed by atoms with Crippen LogP contribution in [0.25, 0.3) is 0 Å². The topological polar surface area (TPSA) is 73.3 Å². The Bertz CT molecular complexity index is 1140. The van der Waals surface area contributed by atoms with Crippen molar-refractivity contribution in [2.75, 3.05) is 44.2 Å². The molecule has 1 aromatic carbocycles. The van der Waals surface area contributed by atoms with Crippen LogP contribution in [-0.2, 0) is 20.4 Å². The molecule has 0 radical (unpaired) electrons. The van der Waals surface area contributed by atoms with Crippen molar-refractivity contribution >= 4 is 27.0 Å². The van der Waals surface area contributed by atoms with E-state index in [4.69, 9.17) is 4.74 Å². The van der Waals surface area contributed by atoms with Crippen LogP contribution in [-0.4, -0.2) is 86.4 Å². The highest BCUT2D eigenvalue weighted by Crippen LogP contribution is 2.39. The zero-order chi connectivity index (χ0) is 25.7. The Labute approximate surface area is 213 Å². The van der Waals surface area contributed by atoms with E-state index in [1.165, 1.54) is 27.8 Å². The number of sulfonamides is 1. The first-order chi connectivity index (χ1) is 16.9. The van der Waals surface area contributed by atoms with E-state index >= 15 is 0 Å². The smallest absolute Gasteiger partial charge is 0.376 e. The van der Waals surface area contributed by atoms with Gasteiger partial charge in [0.1, 0.15) is 4.21 Å².